The number of rotatable bonds is 38. The Bertz CT molecular complexity index is 943. The van der Waals surface area contributed by atoms with Gasteiger partial charge in [-0.05, 0) is 117 Å². The van der Waals surface area contributed by atoms with Crippen molar-refractivity contribution in [1.29, 1.82) is 0 Å². The minimum atomic E-state index is -3.49. The van der Waals surface area contributed by atoms with Crippen LogP contribution in [0.4, 0.5) is 0 Å². The van der Waals surface area contributed by atoms with Gasteiger partial charge in [-0.25, -0.2) is 10.6 Å². The maximum absolute atomic E-state index is 10.5. The van der Waals surface area contributed by atoms with Gasteiger partial charge < -0.3 is 517 Å². The van der Waals surface area contributed by atoms with Crippen molar-refractivity contribution in [3.8, 4) is 0 Å². The highest BCUT2D eigenvalue weighted by Crippen LogP contribution is 2.46. The molecule has 0 aromatic heterocycles. The van der Waals surface area contributed by atoms with Crippen molar-refractivity contribution >= 4 is 65.6 Å². The minimum Gasteiger partial charge on any atom is -1.00 e. The maximum Gasteiger partial charge on any atom is 0.259 e. The molecule has 81 heavy (non-hydrogen) atoms. The van der Waals surface area contributed by atoms with Gasteiger partial charge in [-0.1, -0.05) is 134 Å². The number of hydrogen-bond acceptors (Lipinski definition) is 13. The molecular weight excluding hydrogens is 3440 g/mol. The SMILES string of the molecule is CC.CCCCCCCSSCCCCCCOP(OCCON)N(C(C)C)C(C)C.CCCCP(CCCC)CCCC.CP(=O)([O-])OCCCCCCS.CP(C)(=O)[O-].[I-].[I-].[I-].[I-].[I-].[I-].[I-].[I-].[I-].[I-].[I-].[I-].[I-].[I-].[I-].[I-].[I-].[I-].[I-].[I-]. The third-order valence-corrected chi connectivity index (χ3v) is 16.7. The molecule has 0 fully saturated rings. The third kappa shape index (κ3) is 173. The van der Waals surface area contributed by atoms with Gasteiger partial charge in [0, 0.05) is 37.6 Å². The molecule has 0 radical (unpaired) electrons. The van der Waals surface area contributed by atoms with E-state index >= 15 is 0 Å². The third-order valence-electron chi connectivity index (χ3n) is 8.25. The molecule has 536 valence electrons. The maximum atomic E-state index is 10.5. The summed E-state index contributed by atoms with van der Waals surface area (Å²) in [6.07, 6.45) is 29.0. The lowest BCUT2D eigenvalue weighted by atomic mass is 10.2. The van der Waals surface area contributed by atoms with Gasteiger partial charge in [-0.3, -0.25) is 0 Å². The fourth-order valence-corrected chi connectivity index (χ4v) is 12.8. The number of hydrogen-bond donors (Lipinski definition) is 2. The van der Waals surface area contributed by atoms with Crippen LogP contribution >= 0.6 is 65.6 Å². The Morgan fingerprint density at radius 1 is 0.457 bits per heavy atom. The van der Waals surface area contributed by atoms with E-state index in [1.54, 1.807) is 18.5 Å². The largest absolute Gasteiger partial charge is 1.00 e. The smallest absolute Gasteiger partial charge is 0.259 e. The Hall–Kier alpha value is 16.7. The summed E-state index contributed by atoms with van der Waals surface area (Å²) < 4.78 is 39.1. The van der Waals surface area contributed by atoms with Gasteiger partial charge in [0.25, 0.3) is 8.53 Å². The normalized spacial score (nSPS) is 9.64. The van der Waals surface area contributed by atoms with Gasteiger partial charge >= 0.3 is 0 Å². The molecule has 2 unspecified atom stereocenters. The Morgan fingerprint density at radius 3 is 1.02 bits per heavy atom. The Balaban J connectivity index is -0.0000000229. The molecule has 0 aliphatic rings. The summed E-state index contributed by atoms with van der Waals surface area (Å²) in [5.41, 5.74) is 0. The summed E-state index contributed by atoms with van der Waals surface area (Å²) in [5.74, 6) is 8.58. The topological polar surface area (TPSA) is 146 Å². The zero-order valence-electron chi connectivity index (χ0n) is 49.6. The van der Waals surface area contributed by atoms with Crippen molar-refractivity contribution in [2.24, 2.45) is 5.90 Å². The second kappa shape index (κ2) is 143. The molecular formula is C44H102I20N2O8P4S3-22. The van der Waals surface area contributed by atoms with E-state index in [9.17, 15) is 18.9 Å². The van der Waals surface area contributed by atoms with Gasteiger partial charge in [-0.15, -0.1) is 7.92 Å². The van der Waals surface area contributed by atoms with Crippen molar-refractivity contribution in [2.75, 3.05) is 82.2 Å². The lowest BCUT2D eigenvalue weighted by Gasteiger charge is -2.35. The molecule has 0 saturated heterocycles. The minimum absolute atomic E-state index is 0. The van der Waals surface area contributed by atoms with E-state index in [1.807, 2.05) is 24.6 Å². The number of halogens is 20. The molecule has 2 atom stereocenters. The second-order valence-electron chi connectivity index (χ2n) is 15.7. The van der Waals surface area contributed by atoms with Crippen LogP contribution < -0.4 is 495 Å². The molecule has 0 amide bonds. The summed E-state index contributed by atoms with van der Waals surface area (Å²) in [7, 11) is -2.92. The van der Waals surface area contributed by atoms with Gasteiger partial charge in [0.1, 0.15) is 7.60 Å². The first-order chi connectivity index (χ1) is 28.9. The number of thiol groups is 1. The molecule has 0 rings (SSSR count). The monoisotopic (exact) mass is 3540 g/mol. The molecule has 0 bridgehead atoms. The highest BCUT2D eigenvalue weighted by Gasteiger charge is 2.27. The molecule has 0 saturated carbocycles. The standard InChI is InChI=1S/C21H47N2O3PS2.C12H27P.C7H17O3PS.C2H7O2P.C2H6.20HI/c1-6-7-8-10-13-18-28-29-19-14-11-9-12-15-25-27(26-17-16-24-22)23(20(2)3)21(4)5;1-4-7-10-13(11-8-5-2)12-9-6-3;1-11(8,9)10-6-4-2-3-5-7-12;1-5(2,3)4;1-2;;;;;;;;;;;;;;;;;;;;/h20-21H,6-19,22H2,1-5H3;4-12H2,1-3H3;12H,2-7H2,1H3,(H,8,9);1-2H3,(H,3,4);1-2H3;20*1H/p-22. The van der Waals surface area contributed by atoms with E-state index in [4.69, 9.17) is 14.9 Å². The summed E-state index contributed by atoms with van der Waals surface area (Å²) >= 11 is 4.07. The first kappa shape index (κ1) is 173. The summed E-state index contributed by atoms with van der Waals surface area (Å²) in [5, 5.41) is 0. The van der Waals surface area contributed by atoms with E-state index in [0.717, 1.165) is 51.1 Å². The van der Waals surface area contributed by atoms with Crippen LogP contribution in [-0.2, 0) is 27.5 Å². The zero-order valence-corrected chi connectivity index (χ0v) is 98.8. The Morgan fingerprint density at radius 2 is 0.741 bits per heavy atom. The van der Waals surface area contributed by atoms with Crippen LogP contribution in [0.5, 0.6) is 0 Å². The predicted molar refractivity (Wildman–Crippen MR) is 282 cm³/mol. The lowest BCUT2D eigenvalue weighted by molar-refractivity contribution is -0.196. The Kier molecular flexibility index (Phi) is 305. The molecule has 2 N–H and O–H groups in total. The molecule has 0 heterocycles. The molecule has 0 aromatic rings. The first-order valence-electron chi connectivity index (χ1n) is 23.9. The molecule has 0 spiro atoms. The van der Waals surface area contributed by atoms with E-state index in [-0.39, 0.29) is 480 Å². The van der Waals surface area contributed by atoms with E-state index in [1.165, 1.54) is 115 Å². The molecule has 37 heteroatoms. The number of nitrogens with two attached hydrogens (primary N) is 1. The summed E-state index contributed by atoms with van der Waals surface area (Å²) in [6.45, 7) is 27.3. The Labute approximate surface area is 859 Å². The predicted octanol–water partition coefficient (Wildman–Crippen LogP) is -45.3. The van der Waals surface area contributed by atoms with Crippen molar-refractivity contribution in [3.63, 3.8) is 0 Å². The van der Waals surface area contributed by atoms with Gasteiger partial charge in [-0.2, -0.15) is 12.6 Å². The van der Waals surface area contributed by atoms with Crippen LogP contribution in [0.1, 0.15) is 191 Å². The van der Waals surface area contributed by atoms with Crippen LogP contribution in [0.25, 0.3) is 0 Å². The second-order valence-corrected chi connectivity index (χ2v) is 27.3. The fraction of sp³-hybridized carbons (Fsp3) is 1.00. The number of nitrogens with zero attached hydrogens (tertiary/aromatic N) is 1. The number of unbranched alkanes of at least 4 members (excludes halogenated alkanes) is 13. The van der Waals surface area contributed by atoms with Crippen LogP contribution in [-0.4, -0.2) is 98.9 Å². The van der Waals surface area contributed by atoms with Crippen molar-refractivity contribution in [1.82, 2.24) is 4.67 Å². The highest BCUT2D eigenvalue weighted by molar-refractivity contribution is 8.76. The quantitative estimate of drug-likeness (QED) is 0.0151. The average molecular weight is 3550 g/mol. The van der Waals surface area contributed by atoms with Crippen LogP contribution in [0, 0.1) is 0 Å². The molecule has 0 aliphatic heterocycles. The van der Waals surface area contributed by atoms with E-state index in [0.29, 0.717) is 39.8 Å². The molecule has 10 nitrogen and oxygen atoms in total. The van der Waals surface area contributed by atoms with Gasteiger partial charge in [0.2, 0.25) is 0 Å². The van der Waals surface area contributed by atoms with Gasteiger partial charge in [0.15, 0.2) is 0 Å². The van der Waals surface area contributed by atoms with Crippen molar-refractivity contribution in [2.45, 2.75) is 203 Å². The van der Waals surface area contributed by atoms with E-state index in [2.05, 4.69) is 92.8 Å². The average Bonchev–Trinajstić information content (AvgIpc) is 3.19. The fourth-order valence-electron chi connectivity index (χ4n) is 5.23. The van der Waals surface area contributed by atoms with Crippen LogP contribution in [0.15, 0.2) is 0 Å². The lowest BCUT2D eigenvalue weighted by Crippen LogP contribution is -3.00. The van der Waals surface area contributed by atoms with Crippen LogP contribution in [0.3, 0.4) is 0 Å². The molecule has 0 aromatic carbocycles. The van der Waals surface area contributed by atoms with E-state index < -0.39 is 23.5 Å². The summed E-state index contributed by atoms with van der Waals surface area (Å²) in [4.78, 5) is 24.8. The van der Waals surface area contributed by atoms with Crippen molar-refractivity contribution in [3.05, 3.63) is 0 Å². The first-order valence-corrected chi connectivity index (χ1v) is 34.5. The highest BCUT2D eigenvalue weighted by atomic mass is 127. The van der Waals surface area contributed by atoms with Crippen LogP contribution in [0.2, 0.25) is 0 Å². The van der Waals surface area contributed by atoms with Gasteiger partial charge in [0.05, 0.1) is 26.4 Å². The molecule has 0 aliphatic carbocycles. The van der Waals surface area contributed by atoms with Crippen molar-refractivity contribution < 1.29 is 517 Å². The summed E-state index contributed by atoms with van der Waals surface area (Å²) in [6, 6.07) is 0.752. The zero-order chi connectivity index (χ0) is 47.6.